The maximum absolute atomic E-state index is 10.1. The van der Waals surface area contributed by atoms with Crippen LogP contribution in [0.4, 0.5) is 0 Å². The predicted molar refractivity (Wildman–Crippen MR) is 83.1 cm³/mol. The van der Waals surface area contributed by atoms with Crippen molar-refractivity contribution in [1.82, 2.24) is 5.32 Å². The van der Waals surface area contributed by atoms with Crippen LogP contribution >= 0.6 is 0 Å². The predicted octanol–water partition coefficient (Wildman–Crippen LogP) is 3.53. The molecule has 0 amide bonds. The smallest absolute Gasteiger partial charge is 0.117 e. The van der Waals surface area contributed by atoms with Crippen molar-refractivity contribution in [3.8, 4) is 0 Å². The highest BCUT2D eigenvalue weighted by atomic mass is 16.3. The number of nitrogens with one attached hydrogen (secondary N) is 1. The standard InChI is InChI=1S/C18H23NO2/c1-12-3-5-14(6-4-12)17(20)11-19-10-15-7-8-18(21-15)16-9-13(16)2/h3-8,13,16-17,19-20H,9-11H2,1-2H3. The van der Waals surface area contributed by atoms with Crippen LogP contribution in [0, 0.1) is 12.8 Å². The van der Waals surface area contributed by atoms with Gasteiger partial charge in [-0.15, -0.1) is 0 Å². The van der Waals surface area contributed by atoms with Gasteiger partial charge >= 0.3 is 0 Å². The Morgan fingerprint density at radius 3 is 2.62 bits per heavy atom. The molecule has 3 heteroatoms. The summed E-state index contributed by atoms with van der Waals surface area (Å²) >= 11 is 0. The second kappa shape index (κ2) is 6.04. The zero-order valence-electron chi connectivity index (χ0n) is 12.7. The van der Waals surface area contributed by atoms with E-state index in [9.17, 15) is 5.11 Å². The van der Waals surface area contributed by atoms with Crippen LogP contribution in [-0.2, 0) is 6.54 Å². The first-order chi connectivity index (χ1) is 10.1. The van der Waals surface area contributed by atoms with Gasteiger partial charge in [-0.1, -0.05) is 36.8 Å². The Morgan fingerprint density at radius 2 is 1.95 bits per heavy atom. The molecule has 2 N–H and O–H groups in total. The van der Waals surface area contributed by atoms with Gasteiger partial charge in [-0.3, -0.25) is 0 Å². The van der Waals surface area contributed by atoms with Crippen LogP contribution < -0.4 is 5.32 Å². The molecule has 1 aliphatic rings. The highest BCUT2D eigenvalue weighted by molar-refractivity contribution is 5.23. The van der Waals surface area contributed by atoms with Crippen molar-refractivity contribution in [2.24, 2.45) is 5.92 Å². The van der Waals surface area contributed by atoms with Crippen molar-refractivity contribution >= 4 is 0 Å². The molecule has 21 heavy (non-hydrogen) atoms. The van der Waals surface area contributed by atoms with E-state index in [2.05, 4.69) is 18.3 Å². The third kappa shape index (κ3) is 3.55. The van der Waals surface area contributed by atoms with Crippen molar-refractivity contribution in [2.75, 3.05) is 6.54 Å². The Kier molecular flexibility index (Phi) is 4.13. The lowest BCUT2D eigenvalue weighted by atomic mass is 10.1. The first-order valence-corrected chi connectivity index (χ1v) is 7.67. The second-order valence-corrected chi connectivity index (χ2v) is 6.18. The summed E-state index contributed by atoms with van der Waals surface area (Å²) in [6.07, 6.45) is 0.760. The maximum Gasteiger partial charge on any atom is 0.117 e. The fourth-order valence-electron chi connectivity index (χ4n) is 2.65. The fourth-order valence-corrected chi connectivity index (χ4v) is 2.65. The van der Waals surface area contributed by atoms with Crippen LogP contribution in [0.5, 0.6) is 0 Å². The topological polar surface area (TPSA) is 45.4 Å². The molecular formula is C18H23NO2. The number of benzene rings is 1. The zero-order valence-corrected chi connectivity index (χ0v) is 12.7. The lowest BCUT2D eigenvalue weighted by Crippen LogP contribution is -2.20. The van der Waals surface area contributed by atoms with Crippen LogP contribution in [0.15, 0.2) is 40.8 Å². The van der Waals surface area contributed by atoms with Crippen LogP contribution in [0.1, 0.15) is 48.0 Å². The highest BCUT2D eigenvalue weighted by Gasteiger charge is 2.36. The Bertz CT molecular complexity index is 588. The molecule has 0 aliphatic heterocycles. The van der Waals surface area contributed by atoms with Gasteiger partial charge in [0.05, 0.1) is 12.6 Å². The third-order valence-electron chi connectivity index (χ3n) is 4.26. The highest BCUT2D eigenvalue weighted by Crippen LogP contribution is 2.47. The van der Waals surface area contributed by atoms with Gasteiger partial charge in [0, 0.05) is 12.5 Å². The number of aryl methyl sites for hydroxylation is 1. The van der Waals surface area contributed by atoms with E-state index >= 15 is 0 Å². The number of hydrogen-bond acceptors (Lipinski definition) is 3. The van der Waals surface area contributed by atoms with Gasteiger partial charge < -0.3 is 14.8 Å². The molecule has 1 aromatic heterocycles. The number of aliphatic hydroxyl groups excluding tert-OH is 1. The Labute approximate surface area is 126 Å². The van der Waals surface area contributed by atoms with E-state index in [0.29, 0.717) is 19.0 Å². The van der Waals surface area contributed by atoms with Gasteiger partial charge in [0.15, 0.2) is 0 Å². The first kappa shape index (κ1) is 14.4. The van der Waals surface area contributed by atoms with Gasteiger partial charge in [-0.05, 0) is 37.0 Å². The number of furan rings is 1. The number of aliphatic hydroxyl groups is 1. The molecule has 3 unspecified atom stereocenters. The summed E-state index contributed by atoms with van der Waals surface area (Å²) in [5, 5.41) is 13.4. The Morgan fingerprint density at radius 1 is 1.24 bits per heavy atom. The quantitative estimate of drug-likeness (QED) is 0.853. The van der Waals surface area contributed by atoms with Gasteiger partial charge in [-0.2, -0.15) is 0 Å². The molecule has 3 atom stereocenters. The van der Waals surface area contributed by atoms with Gasteiger partial charge in [0.1, 0.15) is 11.5 Å². The van der Waals surface area contributed by atoms with Gasteiger partial charge in [0.25, 0.3) is 0 Å². The van der Waals surface area contributed by atoms with Crippen molar-refractivity contribution in [3.05, 3.63) is 59.0 Å². The van der Waals surface area contributed by atoms with E-state index < -0.39 is 6.10 Å². The third-order valence-corrected chi connectivity index (χ3v) is 4.26. The summed E-state index contributed by atoms with van der Waals surface area (Å²) in [7, 11) is 0. The molecule has 1 saturated carbocycles. The minimum atomic E-state index is -0.483. The summed E-state index contributed by atoms with van der Waals surface area (Å²) in [6.45, 7) is 5.48. The molecule has 1 aromatic carbocycles. The van der Waals surface area contributed by atoms with Crippen LogP contribution in [0.3, 0.4) is 0 Å². The number of hydrogen-bond donors (Lipinski definition) is 2. The second-order valence-electron chi connectivity index (χ2n) is 6.18. The lowest BCUT2D eigenvalue weighted by Gasteiger charge is -2.11. The van der Waals surface area contributed by atoms with Crippen LogP contribution in [0.2, 0.25) is 0 Å². The average molecular weight is 285 g/mol. The SMILES string of the molecule is Cc1ccc(C(O)CNCc2ccc(C3CC3C)o2)cc1. The first-order valence-electron chi connectivity index (χ1n) is 7.67. The molecule has 2 aromatic rings. The molecule has 0 bridgehead atoms. The molecule has 0 spiro atoms. The largest absolute Gasteiger partial charge is 0.464 e. The van der Waals surface area contributed by atoms with Gasteiger partial charge in [0.2, 0.25) is 0 Å². The van der Waals surface area contributed by atoms with Crippen LogP contribution in [-0.4, -0.2) is 11.7 Å². The van der Waals surface area contributed by atoms with Crippen LogP contribution in [0.25, 0.3) is 0 Å². The molecule has 1 heterocycles. The summed E-state index contributed by atoms with van der Waals surface area (Å²) in [5.41, 5.74) is 2.15. The number of rotatable bonds is 6. The van der Waals surface area contributed by atoms with E-state index in [1.165, 1.54) is 12.0 Å². The molecule has 3 nitrogen and oxygen atoms in total. The van der Waals surface area contributed by atoms with Crippen molar-refractivity contribution in [3.63, 3.8) is 0 Å². The molecule has 3 rings (SSSR count). The van der Waals surface area contributed by atoms with E-state index in [-0.39, 0.29) is 0 Å². The van der Waals surface area contributed by atoms with Crippen molar-refractivity contribution in [2.45, 2.75) is 38.8 Å². The summed E-state index contributed by atoms with van der Waals surface area (Å²) in [5.74, 6) is 3.44. The van der Waals surface area contributed by atoms with E-state index in [1.807, 2.05) is 37.3 Å². The molecular weight excluding hydrogens is 262 g/mol. The molecule has 1 aliphatic carbocycles. The summed E-state index contributed by atoms with van der Waals surface area (Å²) < 4.78 is 5.84. The maximum atomic E-state index is 10.1. The lowest BCUT2D eigenvalue weighted by molar-refractivity contribution is 0.173. The normalized spacial score (nSPS) is 22.2. The summed E-state index contributed by atoms with van der Waals surface area (Å²) in [4.78, 5) is 0. The zero-order chi connectivity index (χ0) is 14.8. The van der Waals surface area contributed by atoms with Gasteiger partial charge in [-0.25, -0.2) is 0 Å². The van der Waals surface area contributed by atoms with E-state index in [0.717, 1.165) is 23.0 Å². The Balaban J connectivity index is 1.47. The molecule has 1 fully saturated rings. The van der Waals surface area contributed by atoms with E-state index in [1.54, 1.807) is 0 Å². The monoisotopic (exact) mass is 285 g/mol. The molecule has 112 valence electrons. The minimum absolute atomic E-state index is 0.483. The fraction of sp³-hybridized carbons (Fsp3) is 0.444. The van der Waals surface area contributed by atoms with E-state index in [4.69, 9.17) is 4.42 Å². The average Bonchev–Trinajstić information content (AvgIpc) is 3.01. The molecule has 0 radical (unpaired) electrons. The minimum Gasteiger partial charge on any atom is -0.464 e. The van der Waals surface area contributed by atoms with Crippen molar-refractivity contribution < 1.29 is 9.52 Å². The molecule has 0 saturated heterocycles. The Hall–Kier alpha value is -1.58. The van der Waals surface area contributed by atoms with Crippen molar-refractivity contribution in [1.29, 1.82) is 0 Å². The summed E-state index contributed by atoms with van der Waals surface area (Å²) in [6, 6.07) is 12.1.